The quantitative estimate of drug-likeness (QED) is 0.0983. The van der Waals surface area contributed by atoms with Gasteiger partial charge in [-0.25, -0.2) is 4.57 Å². The van der Waals surface area contributed by atoms with Crippen LogP contribution in [-0.2, 0) is 24.7 Å². The van der Waals surface area contributed by atoms with Gasteiger partial charge in [-0.2, -0.15) is 52.7 Å². The average Bonchev–Trinajstić information content (AvgIpc) is 3.18. The number of rotatable bonds is 5. The Bertz CT molecular complexity index is 3110. The van der Waals surface area contributed by atoms with Gasteiger partial charge in [-0.3, -0.25) is 9.59 Å². The van der Waals surface area contributed by atoms with Crippen molar-refractivity contribution in [2.75, 3.05) is 0 Å². The van der Waals surface area contributed by atoms with E-state index in [1.54, 1.807) is 45.9 Å². The van der Waals surface area contributed by atoms with E-state index in [1.807, 2.05) is 0 Å². The number of fused-ring (bicyclic) bond motifs is 2. The van der Waals surface area contributed by atoms with Crippen LogP contribution in [0.15, 0.2) is 105 Å². The first-order valence-corrected chi connectivity index (χ1v) is 18.8. The molecule has 2 aromatic heterocycles. The van der Waals surface area contributed by atoms with Crippen molar-refractivity contribution in [3.8, 4) is 27.9 Å². The molecule has 2 heterocycles. The zero-order chi connectivity index (χ0) is 45.2. The van der Waals surface area contributed by atoms with Gasteiger partial charge >= 0.3 is 24.7 Å². The molecule has 8 rings (SSSR count). The van der Waals surface area contributed by atoms with E-state index in [0.29, 0.717) is 35.4 Å². The summed E-state index contributed by atoms with van der Waals surface area (Å²) < 4.78 is 179. The molecule has 0 spiro atoms. The van der Waals surface area contributed by atoms with Crippen LogP contribution in [0.2, 0.25) is 0 Å². The van der Waals surface area contributed by atoms with Crippen LogP contribution in [0.1, 0.15) is 72.9 Å². The van der Waals surface area contributed by atoms with Crippen LogP contribution < -0.4 is 11.1 Å². The number of nitrogens with zero attached hydrogens (tertiary/aromatic N) is 1. The van der Waals surface area contributed by atoms with Crippen molar-refractivity contribution in [2.45, 2.75) is 64.2 Å². The second-order valence-corrected chi connectivity index (χ2v) is 15.6. The number of hydrogen-bond acceptors (Lipinski definition) is 3. The highest BCUT2D eigenvalue weighted by molar-refractivity contribution is 6.32. The topological polar surface area (TPSA) is 52.2 Å². The first kappa shape index (κ1) is 42.4. The van der Waals surface area contributed by atoms with E-state index in [9.17, 15) is 52.7 Å². The van der Waals surface area contributed by atoms with E-state index in [1.165, 1.54) is 24.3 Å². The highest BCUT2D eigenvalue weighted by Gasteiger charge is 2.39. The Morgan fingerprint density at radius 2 is 0.887 bits per heavy atom. The number of aromatic nitrogens is 1. The highest BCUT2D eigenvalue weighted by Crippen LogP contribution is 2.49. The number of pyridine rings is 1. The number of benzene rings is 6. The van der Waals surface area contributed by atoms with Gasteiger partial charge in [0.1, 0.15) is 11.2 Å². The Morgan fingerprint density at radius 3 is 1.32 bits per heavy atom. The first-order chi connectivity index (χ1) is 28.8. The van der Waals surface area contributed by atoms with Crippen LogP contribution in [0.3, 0.4) is 0 Å². The highest BCUT2D eigenvalue weighted by atomic mass is 19.4. The van der Waals surface area contributed by atoms with E-state index in [4.69, 9.17) is 4.42 Å². The van der Waals surface area contributed by atoms with E-state index >= 15 is 9.59 Å². The summed E-state index contributed by atoms with van der Waals surface area (Å²) in [7, 11) is 0. The molecule has 0 N–H and O–H groups in total. The van der Waals surface area contributed by atoms with E-state index in [2.05, 4.69) is 0 Å². The van der Waals surface area contributed by atoms with Crippen molar-refractivity contribution in [3.63, 3.8) is 0 Å². The van der Waals surface area contributed by atoms with Gasteiger partial charge in [0.15, 0.2) is 0 Å². The van der Waals surface area contributed by atoms with Crippen LogP contribution >= 0.6 is 0 Å². The Hall–Kier alpha value is -6.32. The number of hydrogen-bond donors (Lipinski definition) is 0. The van der Waals surface area contributed by atoms with Gasteiger partial charge in [0.25, 0.3) is 11.1 Å². The van der Waals surface area contributed by atoms with Crippen LogP contribution in [0.5, 0.6) is 0 Å². The fourth-order valence-corrected chi connectivity index (χ4v) is 8.17. The summed E-state index contributed by atoms with van der Waals surface area (Å²) in [5.41, 5.74) is -10.9. The Labute approximate surface area is 342 Å². The molecule has 0 amide bonds. The molecule has 320 valence electrons. The lowest BCUT2D eigenvalue weighted by Gasteiger charge is -2.23. The molecule has 0 saturated heterocycles. The average molecular weight is 872 g/mol. The lowest BCUT2D eigenvalue weighted by atomic mass is 9.86. The molecular weight excluding hydrogens is 842 g/mol. The minimum absolute atomic E-state index is 0.0187. The minimum Gasteiger partial charge on any atom is -0.455 e. The number of para-hydroxylation sites is 2. The van der Waals surface area contributed by atoms with Gasteiger partial charge in [-0.05, 0) is 94.3 Å². The van der Waals surface area contributed by atoms with Crippen molar-refractivity contribution < 1.29 is 57.1 Å². The second-order valence-electron chi connectivity index (χ2n) is 15.6. The van der Waals surface area contributed by atoms with E-state index in [0.717, 1.165) is 16.7 Å². The predicted octanol–water partition coefficient (Wildman–Crippen LogP) is 14.5. The Balaban J connectivity index is 1.70. The largest absolute Gasteiger partial charge is 0.455 e. The molecule has 0 saturated carbocycles. The third-order valence-corrected chi connectivity index (χ3v) is 11.0. The van der Waals surface area contributed by atoms with Crippen molar-refractivity contribution in [2.24, 2.45) is 0 Å². The van der Waals surface area contributed by atoms with Crippen molar-refractivity contribution in [1.82, 2.24) is 4.57 Å². The summed E-state index contributed by atoms with van der Waals surface area (Å²) in [6.45, 7) is 7.07. The minimum atomic E-state index is -5.33. The molecule has 0 atom stereocenters. The summed E-state index contributed by atoms with van der Waals surface area (Å²) in [6.07, 6.45) is -21.3. The van der Waals surface area contributed by atoms with E-state index < -0.39 is 96.7 Å². The van der Waals surface area contributed by atoms with Gasteiger partial charge in [-0.1, -0.05) is 64.1 Å². The second kappa shape index (κ2) is 14.1. The summed E-state index contributed by atoms with van der Waals surface area (Å²) in [5, 5.41) is -1.55. The summed E-state index contributed by atoms with van der Waals surface area (Å²) >= 11 is 0. The SMILES string of the molecule is CC(C)c1cccc(C(C)C)c1-n1c(=O)c2cc(-c3cc(C(F)(F)F)cc(C(F)(F)F)c3)c3oc4ccccc4c4c(-c5cc(C(F)(F)F)cc(C(F)(F)F)c5)cc(c1=O)c2c34. The number of halogens is 12. The molecular formula is C46H29F12NO3. The van der Waals surface area contributed by atoms with Gasteiger partial charge in [0, 0.05) is 37.9 Å². The number of alkyl halides is 12. The maximum Gasteiger partial charge on any atom is 0.416 e. The fraction of sp³-hybridized carbons (Fsp3) is 0.217. The van der Waals surface area contributed by atoms with Crippen molar-refractivity contribution in [3.05, 3.63) is 145 Å². The third-order valence-electron chi connectivity index (χ3n) is 11.0. The predicted molar refractivity (Wildman–Crippen MR) is 211 cm³/mol. The van der Waals surface area contributed by atoms with Gasteiger partial charge in [-0.15, -0.1) is 0 Å². The molecule has 4 nitrogen and oxygen atoms in total. The van der Waals surface area contributed by atoms with Gasteiger partial charge in [0.2, 0.25) is 0 Å². The monoisotopic (exact) mass is 871 g/mol. The molecule has 0 aliphatic carbocycles. The summed E-state index contributed by atoms with van der Waals surface area (Å²) in [6, 6.07) is 14.1. The van der Waals surface area contributed by atoms with Crippen molar-refractivity contribution >= 4 is 43.5 Å². The van der Waals surface area contributed by atoms with E-state index in [-0.39, 0.29) is 56.8 Å². The van der Waals surface area contributed by atoms with Gasteiger partial charge < -0.3 is 4.42 Å². The van der Waals surface area contributed by atoms with Crippen LogP contribution in [0.25, 0.3) is 71.4 Å². The van der Waals surface area contributed by atoms with Crippen molar-refractivity contribution in [1.29, 1.82) is 0 Å². The first-order valence-electron chi connectivity index (χ1n) is 18.8. The smallest absolute Gasteiger partial charge is 0.416 e. The summed E-state index contributed by atoms with van der Waals surface area (Å²) in [4.78, 5) is 30.2. The zero-order valence-corrected chi connectivity index (χ0v) is 32.5. The molecule has 0 radical (unpaired) electrons. The molecule has 0 aliphatic rings. The Morgan fingerprint density at radius 1 is 0.468 bits per heavy atom. The molecule has 16 heteroatoms. The molecule has 0 unspecified atom stereocenters. The maximum absolute atomic E-state index is 15.1. The van der Waals surface area contributed by atoms with Gasteiger partial charge in [0.05, 0.1) is 27.9 Å². The Kier molecular flexibility index (Phi) is 9.64. The maximum atomic E-state index is 15.1. The standard InChI is InChI=1S/C46H29F12NO3/c1-20(2)28-9-7-10-29(21(3)4)39(28)59-41(60)33-18-31(22-12-24(43(47,48)49)16-25(13-22)44(50,51)52)36-30-8-5-6-11-35(30)62-40-32(19-34(42(59)61)37(33)38(36)40)23-14-26(45(53,54)55)17-27(15-23)46(56,57)58/h5-21H,1-4H3. The zero-order valence-electron chi connectivity index (χ0n) is 32.5. The third kappa shape index (κ3) is 6.92. The lowest BCUT2D eigenvalue weighted by Crippen LogP contribution is -2.34. The molecule has 8 aromatic rings. The van der Waals surface area contributed by atoms with Crippen LogP contribution in [-0.4, -0.2) is 4.57 Å². The molecule has 0 bridgehead atoms. The molecule has 0 aliphatic heterocycles. The molecule has 62 heavy (non-hydrogen) atoms. The molecule has 6 aromatic carbocycles. The lowest BCUT2D eigenvalue weighted by molar-refractivity contribution is -0.144. The summed E-state index contributed by atoms with van der Waals surface area (Å²) in [5.74, 6) is -0.706. The normalized spacial score (nSPS) is 13.3. The molecule has 0 fully saturated rings. The van der Waals surface area contributed by atoms with Crippen LogP contribution in [0, 0.1) is 0 Å². The van der Waals surface area contributed by atoms with Crippen LogP contribution in [0.4, 0.5) is 52.7 Å². The fourth-order valence-electron chi connectivity index (χ4n) is 8.17.